The van der Waals surface area contributed by atoms with E-state index in [1.54, 1.807) is 38.1 Å². The number of hydrogen-bond acceptors (Lipinski definition) is 4. The third kappa shape index (κ3) is 4.55. The third-order valence-electron chi connectivity index (χ3n) is 4.08. The lowest BCUT2D eigenvalue weighted by molar-refractivity contribution is 0.101. The quantitative estimate of drug-likeness (QED) is 0.706. The van der Waals surface area contributed by atoms with Gasteiger partial charge in [0.25, 0.3) is 5.91 Å². The molecule has 0 aliphatic carbocycles. The van der Waals surface area contributed by atoms with Crippen LogP contribution in [0.15, 0.2) is 47.4 Å². The number of nitrogens with zero attached hydrogens (tertiary/aromatic N) is 1. The second kappa shape index (κ2) is 8.65. The summed E-state index contributed by atoms with van der Waals surface area (Å²) < 4.78 is 26.7. The third-order valence-corrected chi connectivity index (χ3v) is 6.46. The minimum atomic E-state index is -3.73. The largest absolute Gasteiger partial charge is 0.321 e. The van der Waals surface area contributed by atoms with Gasteiger partial charge >= 0.3 is 0 Å². The normalized spacial score (nSPS) is 11.4. The number of Topliss-reactive ketones (excluding diaryl/α,β-unsaturated/α-hetero) is 1. The van der Waals surface area contributed by atoms with Crippen LogP contribution >= 0.6 is 11.6 Å². The Morgan fingerprint density at radius 1 is 1.04 bits per heavy atom. The van der Waals surface area contributed by atoms with E-state index in [-0.39, 0.29) is 21.3 Å². The van der Waals surface area contributed by atoms with Gasteiger partial charge in [0.1, 0.15) is 0 Å². The lowest BCUT2D eigenvalue weighted by Crippen LogP contribution is -2.30. The molecule has 1 amide bonds. The number of hydrogen-bond donors (Lipinski definition) is 1. The van der Waals surface area contributed by atoms with Gasteiger partial charge in [-0.15, -0.1) is 0 Å². The molecule has 0 bridgehead atoms. The Bertz CT molecular complexity index is 969. The van der Waals surface area contributed by atoms with Gasteiger partial charge in [-0.05, 0) is 37.3 Å². The maximum Gasteiger partial charge on any atom is 0.257 e. The Morgan fingerprint density at radius 2 is 1.67 bits per heavy atom. The van der Waals surface area contributed by atoms with Crippen LogP contribution in [0.5, 0.6) is 0 Å². The molecule has 0 unspecified atom stereocenters. The molecule has 2 aromatic rings. The monoisotopic (exact) mass is 408 g/mol. The van der Waals surface area contributed by atoms with Crippen LogP contribution in [0.3, 0.4) is 0 Å². The summed E-state index contributed by atoms with van der Waals surface area (Å²) in [7, 11) is -3.73. The van der Waals surface area contributed by atoms with Gasteiger partial charge in [-0.25, -0.2) is 8.42 Å². The fraction of sp³-hybridized carbons (Fsp3) is 0.263. The molecule has 144 valence electrons. The minimum absolute atomic E-state index is 0.0133. The number of anilines is 1. The lowest BCUT2D eigenvalue weighted by Gasteiger charge is -2.19. The maximum absolute atomic E-state index is 12.7. The van der Waals surface area contributed by atoms with Crippen LogP contribution in [0.1, 0.15) is 41.5 Å². The average molecular weight is 409 g/mol. The summed E-state index contributed by atoms with van der Waals surface area (Å²) in [6, 6.07) is 10.6. The number of halogens is 1. The van der Waals surface area contributed by atoms with Gasteiger partial charge in [0, 0.05) is 18.7 Å². The van der Waals surface area contributed by atoms with Crippen molar-refractivity contribution in [2.45, 2.75) is 25.7 Å². The van der Waals surface area contributed by atoms with Gasteiger partial charge in [-0.2, -0.15) is 4.31 Å². The first-order valence-electron chi connectivity index (χ1n) is 8.43. The zero-order valence-electron chi connectivity index (χ0n) is 15.3. The number of rotatable bonds is 7. The highest BCUT2D eigenvalue weighted by Crippen LogP contribution is 2.25. The number of benzene rings is 2. The van der Waals surface area contributed by atoms with Crippen LogP contribution in [0.4, 0.5) is 5.69 Å². The first-order chi connectivity index (χ1) is 12.7. The topological polar surface area (TPSA) is 83.6 Å². The average Bonchev–Trinajstić information content (AvgIpc) is 2.62. The number of para-hydroxylation sites is 1. The standard InChI is InChI=1S/C19H21ClN2O4S/c1-4-22(5-2)27(25,26)14-10-11-17(20)16(12-14)19(24)21-18-9-7-6-8-15(18)13(3)23/h6-12H,4-5H2,1-3H3,(H,21,24). The number of nitrogens with one attached hydrogen (secondary N) is 1. The number of ketones is 1. The summed E-state index contributed by atoms with van der Waals surface area (Å²) in [6.07, 6.45) is 0. The summed E-state index contributed by atoms with van der Waals surface area (Å²) in [5.74, 6) is -0.792. The molecule has 0 radical (unpaired) electrons. The van der Waals surface area contributed by atoms with E-state index in [0.717, 1.165) is 0 Å². The molecule has 0 aromatic heterocycles. The molecule has 0 spiro atoms. The van der Waals surface area contributed by atoms with Crippen molar-refractivity contribution >= 4 is 39.0 Å². The molecule has 0 heterocycles. The van der Waals surface area contributed by atoms with E-state index >= 15 is 0 Å². The summed E-state index contributed by atoms with van der Waals surface area (Å²) in [5, 5.41) is 2.75. The van der Waals surface area contributed by atoms with E-state index in [4.69, 9.17) is 11.6 Å². The fourth-order valence-corrected chi connectivity index (χ4v) is 4.33. The van der Waals surface area contributed by atoms with Crippen LogP contribution in [-0.2, 0) is 10.0 Å². The smallest absolute Gasteiger partial charge is 0.257 e. The van der Waals surface area contributed by atoms with E-state index in [1.165, 1.54) is 29.4 Å². The van der Waals surface area contributed by atoms with Crippen molar-refractivity contribution in [3.63, 3.8) is 0 Å². The van der Waals surface area contributed by atoms with E-state index in [0.29, 0.717) is 24.3 Å². The molecule has 2 aromatic carbocycles. The van der Waals surface area contributed by atoms with Crippen molar-refractivity contribution in [3.05, 3.63) is 58.6 Å². The summed E-state index contributed by atoms with van der Waals surface area (Å²) >= 11 is 6.12. The number of carbonyl (C=O) groups excluding carboxylic acids is 2. The number of amides is 1. The molecule has 0 saturated heterocycles. The molecular formula is C19H21ClN2O4S. The Balaban J connectivity index is 2.42. The van der Waals surface area contributed by atoms with Crippen LogP contribution in [0.25, 0.3) is 0 Å². The molecule has 6 nitrogen and oxygen atoms in total. The van der Waals surface area contributed by atoms with Crippen molar-refractivity contribution in [1.82, 2.24) is 4.31 Å². The Morgan fingerprint density at radius 3 is 2.26 bits per heavy atom. The lowest BCUT2D eigenvalue weighted by atomic mass is 10.1. The van der Waals surface area contributed by atoms with Gasteiger partial charge in [-0.1, -0.05) is 37.6 Å². The van der Waals surface area contributed by atoms with Crippen molar-refractivity contribution in [2.75, 3.05) is 18.4 Å². The van der Waals surface area contributed by atoms with Crippen LogP contribution in [0.2, 0.25) is 5.02 Å². The molecule has 0 saturated carbocycles. The Labute approximate surface area is 164 Å². The van der Waals surface area contributed by atoms with Crippen molar-refractivity contribution in [3.8, 4) is 0 Å². The predicted molar refractivity (Wildman–Crippen MR) is 106 cm³/mol. The molecule has 0 aliphatic rings. The van der Waals surface area contributed by atoms with E-state index in [1.807, 2.05) is 0 Å². The first kappa shape index (κ1) is 21.1. The molecule has 0 fully saturated rings. The van der Waals surface area contributed by atoms with Gasteiger partial charge in [0.05, 0.1) is 21.2 Å². The van der Waals surface area contributed by atoms with Crippen LogP contribution in [-0.4, -0.2) is 37.5 Å². The second-order valence-electron chi connectivity index (χ2n) is 5.79. The predicted octanol–water partition coefficient (Wildman–Crippen LogP) is 3.83. The number of sulfonamides is 1. The van der Waals surface area contributed by atoms with Crippen LogP contribution in [0, 0.1) is 0 Å². The highest BCUT2D eigenvalue weighted by atomic mass is 35.5. The molecular weight excluding hydrogens is 388 g/mol. The Hall–Kier alpha value is -2.22. The van der Waals surface area contributed by atoms with E-state index in [9.17, 15) is 18.0 Å². The summed E-state index contributed by atoms with van der Waals surface area (Å²) in [4.78, 5) is 24.4. The maximum atomic E-state index is 12.7. The van der Waals surface area contributed by atoms with E-state index in [2.05, 4.69) is 5.32 Å². The SMILES string of the molecule is CCN(CC)S(=O)(=O)c1ccc(Cl)c(C(=O)Nc2ccccc2C(C)=O)c1. The van der Waals surface area contributed by atoms with E-state index < -0.39 is 15.9 Å². The molecule has 0 aliphatic heterocycles. The molecule has 27 heavy (non-hydrogen) atoms. The van der Waals surface area contributed by atoms with Gasteiger partial charge in [0.2, 0.25) is 10.0 Å². The Kier molecular flexibility index (Phi) is 6.75. The van der Waals surface area contributed by atoms with Gasteiger partial charge in [-0.3, -0.25) is 9.59 Å². The molecule has 2 rings (SSSR count). The fourth-order valence-electron chi connectivity index (χ4n) is 2.64. The zero-order chi connectivity index (χ0) is 20.2. The van der Waals surface area contributed by atoms with Crippen LogP contribution < -0.4 is 5.32 Å². The number of carbonyl (C=O) groups is 2. The summed E-state index contributed by atoms with van der Waals surface area (Å²) in [5.41, 5.74) is 0.709. The molecule has 8 heteroatoms. The van der Waals surface area contributed by atoms with Crippen molar-refractivity contribution in [2.24, 2.45) is 0 Å². The highest BCUT2D eigenvalue weighted by molar-refractivity contribution is 7.89. The van der Waals surface area contributed by atoms with Crippen molar-refractivity contribution < 1.29 is 18.0 Å². The van der Waals surface area contributed by atoms with Gasteiger partial charge < -0.3 is 5.32 Å². The molecule has 0 atom stereocenters. The minimum Gasteiger partial charge on any atom is -0.321 e. The second-order valence-corrected chi connectivity index (χ2v) is 8.13. The highest BCUT2D eigenvalue weighted by Gasteiger charge is 2.24. The zero-order valence-corrected chi connectivity index (χ0v) is 16.9. The molecule has 1 N–H and O–H groups in total. The first-order valence-corrected chi connectivity index (χ1v) is 10.2. The summed E-state index contributed by atoms with van der Waals surface area (Å²) in [6.45, 7) is 5.51. The van der Waals surface area contributed by atoms with Crippen molar-refractivity contribution in [1.29, 1.82) is 0 Å². The van der Waals surface area contributed by atoms with Gasteiger partial charge in [0.15, 0.2) is 5.78 Å².